The molecule has 0 saturated heterocycles. The van der Waals surface area contributed by atoms with E-state index in [-0.39, 0.29) is 16.9 Å². The predicted octanol–water partition coefficient (Wildman–Crippen LogP) is 3.75. The van der Waals surface area contributed by atoms with E-state index in [9.17, 15) is 15.2 Å². The van der Waals surface area contributed by atoms with Gasteiger partial charge in [-0.2, -0.15) is 0 Å². The SMILES string of the molecule is CC(C)(C)c1cccc2c(O)cc([N+](=O)[O-])cc12. The molecule has 0 atom stereocenters. The number of hydrogen-bond donors (Lipinski definition) is 1. The molecular weight excluding hydrogens is 230 g/mol. The fourth-order valence-electron chi connectivity index (χ4n) is 2.11. The van der Waals surface area contributed by atoms with Crippen LogP contribution in [0.25, 0.3) is 10.8 Å². The first-order valence-corrected chi connectivity index (χ1v) is 5.71. The van der Waals surface area contributed by atoms with Crippen LogP contribution in [-0.4, -0.2) is 10.0 Å². The minimum atomic E-state index is -0.487. The van der Waals surface area contributed by atoms with E-state index in [1.165, 1.54) is 12.1 Å². The highest BCUT2D eigenvalue weighted by Gasteiger charge is 2.20. The van der Waals surface area contributed by atoms with Crippen LogP contribution >= 0.6 is 0 Å². The molecule has 0 radical (unpaired) electrons. The summed E-state index contributed by atoms with van der Waals surface area (Å²) < 4.78 is 0. The lowest BCUT2D eigenvalue weighted by atomic mass is 9.83. The van der Waals surface area contributed by atoms with Crippen molar-refractivity contribution >= 4 is 16.5 Å². The Balaban J connectivity index is 2.86. The average molecular weight is 245 g/mol. The van der Waals surface area contributed by atoms with Gasteiger partial charge < -0.3 is 5.11 Å². The zero-order valence-corrected chi connectivity index (χ0v) is 10.6. The number of rotatable bonds is 1. The topological polar surface area (TPSA) is 63.4 Å². The number of fused-ring (bicyclic) bond motifs is 1. The third kappa shape index (κ3) is 2.01. The van der Waals surface area contributed by atoms with Crippen LogP contribution < -0.4 is 0 Å². The van der Waals surface area contributed by atoms with Gasteiger partial charge in [-0.25, -0.2) is 0 Å². The van der Waals surface area contributed by atoms with Crippen LogP contribution in [-0.2, 0) is 5.41 Å². The van der Waals surface area contributed by atoms with E-state index in [1.807, 2.05) is 32.9 Å². The first kappa shape index (κ1) is 12.4. The van der Waals surface area contributed by atoms with E-state index < -0.39 is 4.92 Å². The van der Waals surface area contributed by atoms with E-state index in [2.05, 4.69) is 0 Å². The van der Waals surface area contributed by atoms with Crippen LogP contribution in [0.4, 0.5) is 5.69 Å². The third-order valence-electron chi connectivity index (χ3n) is 2.98. The Hall–Kier alpha value is -2.10. The number of phenolic OH excluding ortho intramolecular Hbond substituents is 1. The van der Waals surface area contributed by atoms with Gasteiger partial charge in [-0.15, -0.1) is 0 Å². The van der Waals surface area contributed by atoms with Gasteiger partial charge in [0.05, 0.1) is 11.0 Å². The number of nitrogens with zero attached hydrogens (tertiary/aromatic N) is 1. The number of nitro benzene ring substituents is 1. The maximum atomic E-state index is 10.9. The van der Waals surface area contributed by atoms with Crippen molar-refractivity contribution in [1.29, 1.82) is 0 Å². The molecule has 0 bridgehead atoms. The highest BCUT2D eigenvalue weighted by atomic mass is 16.6. The quantitative estimate of drug-likeness (QED) is 0.614. The largest absolute Gasteiger partial charge is 0.507 e. The van der Waals surface area contributed by atoms with Gasteiger partial charge in [-0.3, -0.25) is 10.1 Å². The summed E-state index contributed by atoms with van der Waals surface area (Å²) in [4.78, 5) is 10.4. The highest BCUT2D eigenvalue weighted by Crippen LogP contribution is 2.36. The van der Waals surface area contributed by atoms with Gasteiger partial charge in [0, 0.05) is 11.5 Å². The van der Waals surface area contributed by atoms with Crippen molar-refractivity contribution in [3.05, 3.63) is 46.0 Å². The summed E-state index contributed by atoms with van der Waals surface area (Å²) in [6, 6.07) is 8.27. The molecule has 18 heavy (non-hydrogen) atoms. The Morgan fingerprint density at radius 3 is 2.39 bits per heavy atom. The molecule has 2 aromatic carbocycles. The third-order valence-corrected chi connectivity index (χ3v) is 2.98. The lowest BCUT2D eigenvalue weighted by molar-refractivity contribution is -0.384. The van der Waals surface area contributed by atoms with Gasteiger partial charge in [-0.1, -0.05) is 39.0 Å². The number of nitro groups is 1. The van der Waals surface area contributed by atoms with Crippen molar-refractivity contribution in [2.24, 2.45) is 0 Å². The molecule has 2 aromatic rings. The summed E-state index contributed by atoms with van der Waals surface area (Å²) in [7, 11) is 0. The van der Waals surface area contributed by atoms with Gasteiger partial charge in [-0.05, 0) is 16.4 Å². The van der Waals surface area contributed by atoms with Crippen LogP contribution in [0.3, 0.4) is 0 Å². The minimum Gasteiger partial charge on any atom is -0.507 e. The Morgan fingerprint density at radius 1 is 1.17 bits per heavy atom. The number of hydrogen-bond acceptors (Lipinski definition) is 3. The number of non-ortho nitro benzene ring substituents is 1. The second kappa shape index (κ2) is 3.98. The van der Waals surface area contributed by atoms with Crippen LogP contribution in [0.2, 0.25) is 0 Å². The molecule has 0 fully saturated rings. The normalized spacial score (nSPS) is 11.7. The number of phenols is 1. The monoisotopic (exact) mass is 245 g/mol. The lowest BCUT2D eigenvalue weighted by Crippen LogP contribution is -2.11. The molecule has 1 N–H and O–H groups in total. The summed E-state index contributed by atoms with van der Waals surface area (Å²) in [5.41, 5.74) is 0.761. The highest BCUT2D eigenvalue weighted by molar-refractivity contribution is 5.93. The van der Waals surface area contributed by atoms with E-state index in [0.717, 1.165) is 10.9 Å². The zero-order chi connectivity index (χ0) is 13.5. The molecule has 0 aromatic heterocycles. The van der Waals surface area contributed by atoms with Crippen molar-refractivity contribution < 1.29 is 10.0 Å². The second-order valence-corrected chi connectivity index (χ2v) is 5.37. The summed E-state index contributed by atoms with van der Waals surface area (Å²) in [5.74, 6) is -0.0506. The average Bonchev–Trinajstić information content (AvgIpc) is 2.26. The predicted molar refractivity (Wildman–Crippen MR) is 71.0 cm³/mol. The molecule has 0 aliphatic rings. The van der Waals surface area contributed by atoms with E-state index >= 15 is 0 Å². The molecule has 0 unspecified atom stereocenters. The van der Waals surface area contributed by atoms with E-state index in [0.29, 0.717) is 5.39 Å². The van der Waals surface area contributed by atoms with Gasteiger partial charge in [0.25, 0.3) is 5.69 Å². The van der Waals surface area contributed by atoms with Gasteiger partial charge in [0.15, 0.2) is 0 Å². The molecule has 94 valence electrons. The maximum Gasteiger partial charge on any atom is 0.273 e. The molecule has 0 heterocycles. The number of benzene rings is 2. The van der Waals surface area contributed by atoms with Crippen molar-refractivity contribution in [2.45, 2.75) is 26.2 Å². The number of aromatic hydroxyl groups is 1. The van der Waals surface area contributed by atoms with E-state index in [1.54, 1.807) is 6.07 Å². The Morgan fingerprint density at radius 2 is 1.83 bits per heavy atom. The fourth-order valence-corrected chi connectivity index (χ4v) is 2.11. The van der Waals surface area contributed by atoms with Crippen LogP contribution in [0.5, 0.6) is 5.75 Å². The smallest absolute Gasteiger partial charge is 0.273 e. The summed E-state index contributed by atoms with van der Waals surface area (Å²) in [6.45, 7) is 6.12. The van der Waals surface area contributed by atoms with Crippen molar-refractivity contribution in [1.82, 2.24) is 0 Å². The lowest BCUT2D eigenvalue weighted by Gasteiger charge is -2.21. The molecule has 0 aliphatic carbocycles. The van der Waals surface area contributed by atoms with Crippen LogP contribution in [0.1, 0.15) is 26.3 Å². The van der Waals surface area contributed by atoms with Crippen molar-refractivity contribution in [3.8, 4) is 5.75 Å². The fraction of sp³-hybridized carbons (Fsp3) is 0.286. The summed E-state index contributed by atoms with van der Waals surface area (Å²) >= 11 is 0. The molecule has 0 aliphatic heterocycles. The zero-order valence-electron chi connectivity index (χ0n) is 10.6. The van der Waals surface area contributed by atoms with Gasteiger partial charge in [0.1, 0.15) is 5.75 Å². The standard InChI is InChI=1S/C14H15NO3/c1-14(2,3)12-6-4-5-10-11(12)7-9(15(17)18)8-13(10)16/h4-8,16H,1-3H3. The molecule has 4 heteroatoms. The first-order valence-electron chi connectivity index (χ1n) is 5.71. The molecule has 4 nitrogen and oxygen atoms in total. The Labute approximate surface area is 105 Å². The Bertz CT molecular complexity index is 627. The van der Waals surface area contributed by atoms with Crippen molar-refractivity contribution in [3.63, 3.8) is 0 Å². The van der Waals surface area contributed by atoms with Crippen LogP contribution in [0.15, 0.2) is 30.3 Å². The van der Waals surface area contributed by atoms with Gasteiger partial charge in [0.2, 0.25) is 0 Å². The second-order valence-electron chi connectivity index (χ2n) is 5.37. The molecule has 0 saturated carbocycles. The van der Waals surface area contributed by atoms with Crippen LogP contribution in [0, 0.1) is 10.1 Å². The first-order chi connectivity index (χ1) is 8.30. The van der Waals surface area contributed by atoms with Gasteiger partial charge >= 0.3 is 0 Å². The summed E-state index contributed by atoms with van der Waals surface area (Å²) in [5, 5.41) is 22.1. The molecular formula is C14H15NO3. The summed E-state index contributed by atoms with van der Waals surface area (Å²) in [6.07, 6.45) is 0. The molecule has 2 rings (SSSR count). The minimum absolute atomic E-state index is 0.0506. The Kier molecular flexibility index (Phi) is 2.73. The maximum absolute atomic E-state index is 10.9. The van der Waals surface area contributed by atoms with Crippen molar-refractivity contribution in [2.75, 3.05) is 0 Å². The molecule has 0 spiro atoms. The van der Waals surface area contributed by atoms with E-state index in [4.69, 9.17) is 0 Å². The molecule has 0 amide bonds.